The molecule has 3 N–H and O–H groups in total. The van der Waals surface area contributed by atoms with Gasteiger partial charge in [-0.2, -0.15) is 0 Å². The third-order valence-corrected chi connectivity index (χ3v) is 5.16. The number of ether oxygens (including phenoxy) is 2. The van der Waals surface area contributed by atoms with E-state index in [1.165, 1.54) is 23.9 Å². The monoisotopic (exact) mass is 508 g/mol. The van der Waals surface area contributed by atoms with Crippen LogP contribution in [0.2, 0.25) is 0 Å². The summed E-state index contributed by atoms with van der Waals surface area (Å²) in [6.07, 6.45) is 1.08. The van der Waals surface area contributed by atoms with E-state index in [1.54, 1.807) is 53.7 Å². The predicted octanol–water partition coefficient (Wildman–Crippen LogP) is 2.98. The number of amides is 2. The molecule has 0 radical (unpaired) electrons. The fourth-order valence-electron chi connectivity index (χ4n) is 2.85. The molecule has 0 aliphatic heterocycles. The van der Waals surface area contributed by atoms with Crippen LogP contribution in [0.15, 0.2) is 30.0 Å². The molecule has 2 amide bonds. The van der Waals surface area contributed by atoms with Crippen molar-refractivity contribution in [3.05, 3.63) is 40.6 Å². The van der Waals surface area contributed by atoms with Crippen molar-refractivity contribution in [1.29, 1.82) is 0 Å². The Morgan fingerprint density at radius 3 is 2.23 bits per heavy atom. The van der Waals surface area contributed by atoms with E-state index in [-0.39, 0.29) is 12.8 Å². The van der Waals surface area contributed by atoms with Crippen LogP contribution in [0.1, 0.15) is 52.1 Å². The zero-order valence-electron chi connectivity index (χ0n) is 20.7. The Morgan fingerprint density at radius 2 is 1.69 bits per heavy atom. The summed E-state index contributed by atoms with van der Waals surface area (Å²) in [7, 11) is 0. The van der Waals surface area contributed by atoms with E-state index in [0.29, 0.717) is 5.69 Å². The van der Waals surface area contributed by atoms with Crippen LogP contribution in [-0.2, 0) is 31.9 Å². The first-order valence-electron chi connectivity index (χ1n) is 10.9. The minimum absolute atomic E-state index is 0.0885. The largest absolute Gasteiger partial charge is 0.480 e. The number of carboxylic acids is 1. The van der Waals surface area contributed by atoms with Crippen molar-refractivity contribution in [2.75, 3.05) is 0 Å². The number of nitrogens with one attached hydrogen (secondary N) is 2. The Kier molecular flexibility index (Phi) is 9.02. The molecule has 0 unspecified atom stereocenters. The van der Waals surface area contributed by atoms with Gasteiger partial charge in [-0.05, 0) is 53.0 Å². The minimum atomic E-state index is -1.21. The molecule has 2 aromatic rings. The van der Waals surface area contributed by atoms with E-state index >= 15 is 0 Å². The zero-order chi connectivity index (χ0) is 26.4. The summed E-state index contributed by atoms with van der Waals surface area (Å²) in [6.45, 7) is 10.2. The Labute approximate surface area is 207 Å². The van der Waals surface area contributed by atoms with Crippen LogP contribution < -0.4 is 10.6 Å². The number of nitrogens with zero attached hydrogens (tertiary/aromatic N) is 2. The number of thiophene rings is 1. The lowest BCUT2D eigenvalue weighted by molar-refractivity contribution is -0.142. The molecule has 12 heteroatoms. The van der Waals surface area contributed by atoms with Crippen LogP contribution >= 0.6 is 11.3 Å². The Bertz CT molecular complexity index is 1040. The first kappa shape index (κ1) is 27.8. The van der Waals surface area contributed by atoms with E-state index in [4.69, 9.17) is 9.47 Å². The summed E-state index contributed by atoms with van der Waals surface area (Å²) in [6, 6.07) is 1.14. The molecule has 2 rings (SSSR count). The molecule has 0 saturated carbocycles. The zero-order valence-corrected chi connectivity index (χ0v) is 21.5. The molecule has 0 bridgehead atoms. The molecular weight excluding hydrogens is 476 g/mol. The summed E-state index contributed by atoms with van der Waals surface area (Å²) < 4.78 is 11.7. The van der Waals surface area contributed by atoms with Crippen molar-refractivity contribution in [3.8, 4) is 0 Å². The van der Waals surface area contributed by atoms with Crippen LogP contribution in [0.5, 0.6) is 0 Å². The molecule has 2 heterocycles. The summed E-state index contributed by atoms with van der Waals surface area (Å²) in [5.41, 5.74) is -1.22. The van der Waals surface area contributed by atoms with Gasteiger partial charge in [0.25, 0.3) is 0 Å². The van der Waals surface area contributed by atoms with E-state index in [9.17, 15) is 24.3 Å². The summed E-state index contributed by atoms with van der Waals surface area (Å²) in [5.74, 6) is -1.94. The highest BCUT2D eigenvalue weighted by Crippen LogP contribution is 2.13. The van der Waals surface area contributed by atoms with Crippen molar-refractivity contribution in [2.24, 2.45) is 0 Å². The van der Waals surface area contributed by atoms with Gasteiger partial charge < -0.3 is 25.2 Å². The number of hydrogen-bond donors (Lipinski definition) is 3. The maximum atomic E-state index is 13.1. The van der Waals surface area contributed by atoms with Gasteiger partial charge >= 0.3 is 18.2 Å². The van der Waals surface area contributed by atoms with Crippen molar-refractivity contribution in [3.63, 3.8) is 0 Å². The standard InChI is InChI=1S/C23H32N4O7S/c1-22(2,3)33-20(31)26-16(10-14-12-27(13-24-14)21(32)34-23(4,5)6)18(28)25-17(19(29)30)11-15-8-7-9-35-15/h7-9,12-13,16-17H,10-11H2,1-6H3,(H,25,28)(H,26,31)(H,29,30)/t16-,17-/m0/s1. The molecule has 0 aromatic carbocycles. The molecule has 0 saturated heterocycles. The predicted molar refractivity (Wildman–Crippen MR) is 128 cm³/mol. The smallest absolute Gasteiger partial charge is 0.419 e. The topological polar surface area (TPSA) is 149 Å². The molecule has 2 aromatic heterocycles. The first-order valence-corrected chi connectivity index (χ1v) is 11.8. The van der Waals surface area contributed by atoms with Crippen LogP contribution in [0.3, 0.4) is 0 Å². The van der Waals surface area contributed by atoms with Gasteiger partial charge in [-0.25, -0.2) is 23.9 Å². The van der Waals surface area contributed by atoms with Gasteiger partial charge in [-0.3, -0.25) is 4.79 Å². The van der Waals surface area contributed by atoms with Crippen molar-refractivity contribution in [2.45, 2.75) is 77.7 Å². The lowest BCUT2D eigenvalue weighted by Gasteiger charge is -2.24. The van der Waals surface area contributed by atoms with Gasteiger partial charge in [-0.1, -0.05) is 6.07 Å². The van der Waals surface area contributed by atoms with Crippen LogP contribution in [0.25, 0.3) is 0 Å². The average Bonchev–Trinajstić information content (AvgIpc) is 3.36. The number of alkyl carbamates (subject to hydrolysis) is 1. The minimum Gasteiger partial charge on any atom is -0.480 e. The molecule has 11 nitrogen and oxygen atoms in total. The number of aromatic nitrogens is 2. The Hall–Kier alpha value is -3.41. The Morgan fingerprint density at radius 1 is 1.03 bits per heavy atom. The number of carbonyl (C=O) groups excluding carboxylic acids is 3. The second kappa shape index (κ2) is 11.3. The fraction of sp³-hybridized carbons (Fsp3) is 0.522. The van der Waals surface area contributed by atoms with Gasteiger partial charge in [0, 0.05) is 23.9 Å². The fourth-order valence-corrected chi connectivity index (χ4v) is 3.61. The molecule has 0 fully saturated rings. The van der Waals surface area contributed by atoms with Gasteiger partial charge in [0.2, 0.25) is 5.91 Å². The second-order valence-corrected chi connectivity index (χ2v) is 10.9. The quantitative estimate of drug-likeness (QED) is 0.493. The van der Waals surface area contributed by atoms with Crippen LogP contribution in [0.4, 0.5) is 9.59 Å². The van der Waals surface area contributed by atoms with Crippen LogP contribution in [-0.4, -0.2) is 62.0 Å². The van der Waals surface area contributed by atoms with E-state index in [1.807, 2.05) is 5.38 Å². The second-order valence-electron chi connectivity index (χ2n) is 9.84. The lowest BCUT2D eigenvalue weighted by atomic mass is 10.1. The number of hydrogen-bond acceptors (Lipinski definition) is 8. The van der Waals surface area contributed by atoms with Crippen molar-refractivity contribution >= 4 is 35.4 Å². The maximum Gasteiger partial charge on any atom is 0.419 e. The highest BCUT2D eigenvalue weighted by molar-refractivity contribution is 7.09. The van der Waals surface area contributed by atoms with E-state index < -0.39 is 47.3 Å². The molecule has 2 atom stereocenters. The number of imidazole rings is 1. The third kappa shape index (κ3) is 9.77. The van der Waals surface area contributed by atoms with Gasteiger partial charge in [-0.15, -0.1) is 11.3 Å². The number of carboxylic acid groups (broad SMARTS) is 1. The van der Waals surface area contributed by atoms with E-state index in [0.717, 1.165) is 9.44 Å². The normalized spacial score (nSPS) is 13.4. The third-order valence-electron chi connectivity index (χ3n) is 4.26. The first-order chi connectivity index (χ1) is 16.1. The van der Waals surface area contributed by atoms with Gasteiger partial charge in [0.05, 0.1) is 5.69 Å². The number of rotatable bonds is 8. The van der Waals surface area contributed by atoms with Crippen molar-refractivity contribution < 1.29 is 33.8 Å². The summed E-state index contributed by atoms with van der Waals surface area (Å²) in [5, 5.41) is 16.4. The average molecular weight is 509 g/mol. The molecule has 35 heavy (non-hydrogen) atoms. The van der Waals surface area contributed by atoms with Crippen LogP contribution in [0, 0.1) is 0 Å². The highest BCUT2D eigenvalue weighted by atomic mass is 32.1. The summed E-state index contributed by atoms with van der Waals surface area (Å²) >= 11 is 1.37. The lowest BCUT2D eigenvalue weighted by Crippen LogP contribution is -2.53. The Balaban J connectivity index is 2.19. The highest BCUT2D eigenvalue weighted by Gasteiger charge is 2.30. The maximum absolute atomic E-state index is 13.1. The molecule has 0 aliphatic carbocycles. The number of aliphatic carboxylic acids is 1. The number of carbonyl (C=O) groups is 4. The van der Waals surface area contributed by atoms with Gasteiger partial charge in [0.1, 0.15) is 29.6 Å². The van der Waals surface area contributed by atoms with E-state index in [2.05, 4.69) is 15.6 Å². The SMILES string of the molecule is CC(C)(C)OC(=O)N[C@@H](Cc1cn(C(=O)OC(C)(C)C)cn1)C(=O)N[C@@H](Cc1cccs1)C(=O)O. The molecular formula is C23H32N4O7S. The van der Waals surface area contributed by atoms with Gasteiger partial charge in [0.15, 0.2) is 0 Å². The van der Waals surface area contributed by atoms with Crippen molar-refractivity contribution in [1.82, 2.24) is 20.2 Å². The molecule has 0 aliphatic rings. The summed E-state index contributed by atoms with van der Waals surface area (Å²) in [4.78, 5) is 54.4. The molecule has 0 spiro atoms. The molecule has 192 valence electrons.